The smallest absolute Gasteiger partial charge is 0.351 e. The van der Waals surface area contributed by atoms with Crippen LogP contribution in [-0.4, -0.2) is 13.1 Å². The standard InChI is InChI=1S/C22H20O4/c1-24-22(23)21(18-10-6-3-7-11-18)26-20-14-12-19(13-15-20)25-16-17-8-4-2-5-9-17/h2-15,21H,16H2,1H3. The zero-order valence-corrected chi connectivity index (χ0v) is 14.5. The first-order valence-corrected chi connectivity index (χ1v) is 8.32. The van der Waals surface area contributed by atoms with Gasteiger partial charge in [0.15, 0.2) is 0 Å². The number of carbonyl (C=O) groups excluding carboxylic acids is 1. The largest absolute Gasteiger partial charge is 0.489 e. The molecule has 132 valence electrons. The number of hydrogen-bond donors (Lipinski definition) is 0. The molecule has 3 aromatic carbocycles. The van der Waals surface area contributed by atoms with Crippen molar-refractivity contribution in [1.82, 2.24) is 0 Å². The fourth-order valence-electron chi connectivity index (χ4n) is 2.48. The van der Waals surface area contributed by atoms with Gasteiger partial charge in [0.1, 0.15) is 18.1 Å². The highest BCUT2D eigenvalue weighted by Crippen LogP contribution is 2.25. The average molecular weight is 348 g/mol. The summed E-state index contributed by atoms with van der Waals surface area (Å²) in [6.45, 7) is 0.496. The van der Waals surface area contributed by atoms with E-state index >= 15 is 0 Å². The van der Waals surface area contributed by atoms with E-state index in [-0.39, 0.29) is 0 Å². The molecule has 0 bridgehead atoms. The van der Waals surface area contributed by atoms with E-state index in [0.29, 0.717) is 12.4 Å². The van der Waals surface area contributed by atoms with Gasteiger partial charge in [0, 0.05) is 5.56 Å². The van der Waals surface area contributed by atoms with Crippen molar-refractivity contribution in [2.24, 2.45) is 0 Å². The normalized spacial score (nSPS) is 11.4. The summed E-state index contributed by atoms with van der Waals surface area (Å²) in [5.41, 5.74) is 1.84. The van der Waals surface area contributed by atoms with Crippen LogP contribution < -0.4 is 9.47 Å². The molecule has 1 atom stereocenters. The Labute approximate surface area is 153 Å². The molecule has 0 aromatic heterocycles. The first-order valence-electron chi connectivity index (χ1n) is 8.32. The maximum absolute atomic E-state index is 12.1. The lowest BCUT2D eigenvalue weighted by Crippen LogP contribution is -2.20. The van der Waals surface area contributed by atoms with Gasteiger partial charge in [-0.1, -0.05) is 60.7 Å². The van der Waals surface area contributed by atoms with Gasteiger partial charge in [-0.15, -0.1) is 0 Å². The summed E-state index contributed by atoms with van der Waals surface area (Å²) >= 11 is 0. The molecule has 0 saturated heterocycles. The van der Waals surface area contributed by atoms with Gasteiger partial charge < -0.3 is 14.2 Å². The van der Waals surface area contributed by atoms with E-state index in [0.717, 1.165) is 16.9 Å². The summed E-state index contributed by atoms with van der Waals surface area (Å²) in [4.78, 5) is 12.1. The Morgan fingerprint density at radius 2 is 1.38 bits per heavy atom. The molecule has 3 rings (SSSR count). The van der Waals surface area contributed by atoms with Gasteiger partial charge in [-0.25, -0.2) is 4.79 Å². The van der Waals surface area contributed by atoms with Gasteiger partial charge in [0.05, 0.1) is 7.11 Å². The summed E-state index contributed by atoms with van der Waals surface area (Å²) in [6.07, 6.45) is -0.808. The van der Waals surface area contributed by atoms with Crippen LogP contribution in [0.15, 0.2) is 84.9 Å². The third-order valence-electron chi connectivity index (χ3n) is 3.84. The molecule has 1 unspecified atom stereocenters. The lowest BCUT2D eigenvalue weighted by Gasteiger charge is -2.17. The molecule has 0 aliphatic carbocycles. The zero-order chi connectivity index (χ0) is 18.2. The van der Waals surface area contributed by atoms with Crippen LogP contribution in [0.4, 0.5) is 0 Å². The molecule has 4 nitrogen and oxygen atoms in total. The molecule has 0 aliphatic heterocycles. The Morgan fingerprint density at radius 3 is 2.00 bits per heavy atom. The van der Waals surface area contributed by atoms with Crippen LogP contribution in [0.5, 0.6) is 11.5 Å². The van der Waals surface area contributed by atoms with Gasteiger partial charge in [0.2, 0.25) is 6.10 Å². The van der Waals surface area contributed by atoms with Crippen LogP contribution in [0.25, 0.3) is 0 Å². The van der Waals surface area contributed by atoms with Crippen molar-refractivity contribution in [1.29, 1.82) is 0 Å². The summed E-state index contributed by atoms with van der Waals surface area (Å²) in [5, 5.41) is 0. The molecular weight excluding hydrogens is 328 g/mol. The summed E-state index contributed by atoms with van der Waals surface area (Å²) in [6, 6.07) is 26.4. The quantitative estimate of drug-likeness (QED) is 0.587. The van der Waals surface area contributed by atoms with Gasteiger partial charge >= 0.3 is 5.97 Å². The van der Waals surface area contributed by atoms with Gasteiger partial charge in [0.25, 0.3) is 0 Å². The highest BCUT2D eigenvalue weighted by molar-refractivity contribution is 5.76. The molecule has 0 spiro atoms. The Morgan fingerprint density at radius 1 is 0.808 bits per heavy atom. The minimum atomic E-state index is -0.808. The van der Waals surface area contributed by atoms with E-state index in [1.54, 1.807) is 12.1 Å². The number of methoxy groups -OCH3 is 1. The van der Waals surface area contributed by atoms with Crippen molar-refractivity contribution in [2.45, 2.75) is 12.7 Å². The Balaban J connectivity index is 1.66. The fourth-order valence-corrected chi connectivity index (χ4v) is 2.48. The van der Waals surface area contributed by atoms with E-state index in [4.69, 9.17) is 14.2 Å². The second-order valence-electron chi connectivity index (χ2n) is 5.68. The third kappa shape index (κ3) is 4.63. The summed E-state index contributed by atoms with van der Waals surface area (Å²) in [7, 11) is 1.35. The van der Waals surface area contributed by atoms with Crippen LogP contribution in [0.1, 0.15) is 17.2 Å². The molecule has 0 amide bonds. The Bertz CT molecular complexity index is 814. The molecule has 0 fully saturated rings. The highest BCUT2D eigenvalue weighted by atomic mass is 16.6. The second kappa shape index (κ2) is 8.72. The van der Waals surface area contributed by atoms with E-state index in [1.165, 1.54) is 7.11 Å². The van der Waals surface area contributed by atoms with Crippen molar-refractivity contribution in [2.75, 3.05) is 7.11 Å². The van der Waals surface area contributed by atoms with Gasteiger partial charge in [-0.3, -0.25) is 0 Å². The molecule has 0 aliphatic rings. The molecule has 0 saturated carbocycles. The van der Waals surface area contributed by atoms with Crippen molar-refractivity contribution >= 4 is 5.97 Å². The van der Waals surface area contributed by atoms with Gasteiger partial charge in [-0.2, -0.15) is 0 Å². The minimum absolute atomic E-state index is 0.444. The first kappa shape index (κ1) is 17.5. The van der Waals surface area contributed by atoms with Crippen molar-refractivity contribution in [3.8, 4) is 11.5 Å². The third-order valence-corrected chi connectivity index (χ3v) is 3.84. The fraction of sp³-hybridized carbons (Fsp3) is 0.136. The molecule has 26 heavy (non-hydrogen) atoms. The van der Waals surface area contributed by atoms with E-state index < -0.39 is 12.1 Å². The maximum Gasteiger partial charge on any atom is 0.351 e. The molecule has 4 heteroatoms. The van der Waals surface area contributed by atoms with Crippen LogP contribution in [0, 0.1) is 0 Å². The van der Waals surface area contributed by atoms with Gasteiger partial charge in [-0.05, 0) is 29.8 Å². The van der Waals surface area contributed by atoms with E-state index in [1.807, 2.05) is 72.8 Å². The SMILES string of the molecule is COC(=O)C(Oc1ccc(OCc2ccccc2)cc1)c1ccccc1. The van der Waals surface area contributed by atoms with Crippen molar-refractivity contribution in [3.63, 3.8) is 0 Å². The van der Waals surface area contributed by atoms with Crippen LogP contribution in [0.3, 0.4) is 0 Å². The second-order valence-corrected chi connectivity index (χ2v) is 5.68. The predicted octanol–water partition coefficient (Wildman–Crippen LogP) is 4.56. The summed E-state index contributed by atoms with van der Waals surface area (Å²) in [5.74, 6) is 0.854. The van der Waals surface area contributed by atoms with Crippen LogP contribution in [0.2, 0.25) is 0 Å². The van der Waals surface area contributed by atoms with E-state index in [9.17, 15) is 4.79 Å². The number of ether oxygens (including phenoxy) is 3. The lowest BCUT2D eigenvalue weighted by atomic mass is 10.1. The maximum atomic E-state index is 12.1. The summed E-state index contributed by atoms with van der Waals surface area (Å²) < 4.78 is 16.5. The Hall–Kier alpha value is -3.27. The number of esters is 1. The number of carbonyl (C=O) groups is 1. The molecule has 3 aromatic rings. The predicted molar refractivity (Wildman–Crippen MR) is 99.0 cm³/mol. The molecule has 0 heterocycles. The number of hydrogen-bond acceptors (Lipinski definition) is 4. The average Bonchev–Trinajstić information content (AvgIpc) is 2.72. The minimum Gasteiger partial charge on any atom is -0.489 e. The monoisotopic (exact) mass is 348 g/mol. The lowest BCUT2D eigenvalue weighted by molar-refractivity contribution is -0.149. The number of rotatable bonds is 7. The molecule has 0 radical (unpaired) electrons. The highest BCUT2D eigenvalue weighted by Gasteiger charge is 2.23. The zero-order valence-electron chi connectivity index (χ0n) is 14.5. The van der Waals surface area contributed by atoms with Crippen molar-refractivity contribution < 1.29 is 19.0 Å². The molecule has 0 N–H and O–H groups in total. The van der Waals surface area contributed by atoms with E-state index in [2.05, 4.69) is 0 Å². The van der Waals surface area contributed by atoms with Crippen LogP contribution in [-0.2, 0) is 16.1 Å². The van der Waals surface area contributed by atoms with Crippen LogP contribution >= 0.6 is 0 Å². The topological polar surface area (TPSA) is 44.8 Å². The number of benzene rings is 3. The van der Waals surface area contributed by atoms with Crippen molar-refractivity contribution in [3.05, 3.63) is 96.1 Å². The Kier molecular flexibility index (Phi) is 5.88. The molecular formula is C22H20O4. The first-order chi connectivity index (χ1) is 12.8.